The summed E-state index contributed by atoms with van der Waals surface area (Å²) >= 11 is 0. The number of carbonyl (C=O) groups excluding carboxylic acids is 1. The lowest BCUT2D eigenvalue weighted by Crippen LogP contribution is -2.39. The molecule has 0 atom stereocenters. The fourth-order valence-electron chi connectivity index (χ4n) is 1.48. The van der Waals surface area contributed by atoms with Crippen LogP contribution in [-0.2, 0) is 9.53 Å². The van der Waals surface area contributed by atoms with Gasteiger partial charge in [0.05, 0.1) is 20.8 Å². The van der Waals surface area contributed by atoms with Crippen LogP contribution in [0.5, 0.6) is 17.2 Å². The Balaban J connectivity index is 2.95. The zero-order chi connectivity index (χ0) is 14.5. The minimum absolute atomic E-state index is 0.311. The Hall–Kier alpha value is -1.91. The highest BCUT2D eigenvalue weighted by Crippen LogP contribution is 2.33. The van der Waals surface area contributed by atoms with Gasteiger partial charge in [0.15, 0.2) is 17.1 Å². The van der Waals surface area contributed by atoms with Crippen LogP contribution >= 0.6 is 0 Å². The fraction of sp³-hybridized carbons (Fsp3) is 0.500. The number of hydrogen-bond donors (Lipinski definition) is 0. The van der Waals surface area contributed by atoms with Crippen molar-refractivity contribution in [2.75, 3.05) is 20.8 Å². The largest absolute Gasteiger partial charge is 0.497 e. The quantitative estimate of drug-likeness (QED) is 0.742. The summed E-state index contributed by atoms with van der Waals surface area (Å²) in [6.45, 7) is 5.36. The van der Waals surface area contributed by atoms with Gasteiger partial charge in [-0.25, -0.2) is 4.79 Å². The van der Waals surface area contributed by atoms with E-state index in [2.05, 4.69) is 0 Å². The topological polar surface area (TPSA) is 54.0 Å². The van der Waals surface area contributed by atoms with Crippen LogP contribution < -0.4 is 14.2 Å². The van der Waals surface area contributed by atoms with Gasteiger partial charge in [0.2, 0.25) is 0 Å². The summed E-state index contributed by atoms with van der Waals surface area (Å²) in [5.74, 6) is 1.18. The standard InChI is InChI=1S/C14H20O5/c1-6-18-13(15)14(2,3)19-11-8-7-10(16-4)9-12(11)17-5/h7-9H,6H2,1-5H3. The van der Waals surface area contributed by atoms with E-state index in [4.69, 9.17) is 18.9 Å². The number of benzene rings is 1. The predicted octanol–water partition coefficient (Wildman–Crippen LogP) is 2.42. The van der Waals surface area contributed by atoms with Crippen LogP contribution in [0.15, 0.2) is 18.2 Å². The molecule has 0 aliphatic carbocycles. The molecule has 0 aliphatic heterocycles. The van der Waals surface area contributed by atoms with Crippen LogP contribution in [0.4, 0.5) is 0 Å². The second kappa shape index (κ2) is 6.31. The second-order valence-electron chi connectivity index (χ2n) is 4.35. The lowest BCUT2D eigenvalue weighted by atomic mass is 10.1. The monoisotopic (exact) mass is 268 g/mol. The Bertz CT molecular complexity index is 439. The van der Waals surface area contributed by atoms with Crippen molar-refractivity contribution in [2.24, 2.45) is 0 Å². The van der Waals surface area contributed by atoms with Crippen LogP contribution in [0, 0.1) is 0 Å². The minimum atomic E-state index is -1.09. The van der Waals surface area contributed by atoms with Crippen molar-refractivity contribution in [1.82, 2.24) is 0 Å². The van der Waals surface area contributed by atoms with Crippen molar-refractivity contribution in [3.63, 3.8) is 0 Å². The summed E-state index contributed by atoms with van der Waals surface area (Å²) in [6.07, 6.45) is 0. The van der Waals surface area contributed by atoms with Crippen molar-refractivity contribution in [3.05, 3.63) is 18.2 Å². The summed E-state index contributed by atoms with van der Waals surface area (Å²) in [7, 11) is 3.09. The molecule has 0 aromatic heterocycles. The average Bonchev–Trinajstić information content (AvgIpc) is 2.39. The zero-order valence-corrected chi connectivity index (χ0v) is 12.0. The lowest BCUT2D eigenvalue weighted by Gasteiger charge is -2.25. The summed E-state index contributed by atoms with van der Waals surface area (Å²) < 4.78 is 21.0. The Morgan fingerprint density at radius 1 is 1.16 bits per heavy atom. The first kappa shape index (κ1) is 15.1. The molecular weight excluding hydrogens is 248 g/mol. The molecule has 1 aromatic carbocycles. The van der Waals surface area contributed by atoms with Crippen molar-refractivity contribution in [2.45, 2.75) is 26.4 Å². The van der Waals surface area contributed by atoms with E-state index < -0.39 is 11.6 Å². The Labute approximate surface area is 113 Å². The van der Waals surface area contributed by atoms with E-state index in [0.29, 0.717) is 23.9 Å². The molecule has 0 heterocycles. The number of hydrogen-bond acceptors (Lipinski definition) is 5. The third kappa shape index (κ3) is 3.77. The molecule has 0 N–H and O–H groups in total. The van der Waals surface area contributed by atoms with Crippen LogP contribution in [0.3, 0.4) is 0 Å². The maximum Gasteiger partial charge on any atom is 0.349 e. The lowest BCUT2D eigenvalue weighted by molar-refractivity contribution is -0.158. The number of esters is 1. The van der Waals surface area contributed by atoms with Gasteiger partial charge in [-0.3, -0.25) is 0 Å². The minimum Gasteiger partial charge on any atom is -0.497 e. The van der Waals surface area contributed by atoms with E-state index in [1.54, 1.807) is 46.1 Å². The molecule has 106 valence electrons. The van der Waals surface area contributed by atoms with Gasteiger partial charge in [-0.1, -0.05) is 0 Å². The molecule has 0 bridgehead atoms. The maximum absolute atomic E-state index is 11.8. The van der Waals surface area contributed by atoms with Gasteiger partial charge in [0, 0.05) is 6.07 Å². The predicted molar refractivity (Wildman–Crippen MR) is 70.9 cm³/mol. The van der Waals surface area contributed by atoms with Gasteiger partial charge < -0.3 is 18.9 Å². The molecular formula is C14H20O5. The van der Waals surface area contributed by atoms with Crippen molar-refractivity contribution < 1.29 is 23.7 Å². The van der Waals surface area contributed by atoms with E-state index >= 15 is 0 Å². The number of carbonyl (C=O) groups is 1. The average molecular weight is 268 g/mol. The Morgan fingerprint density at radius 3 is 2.37 bits per heavy atom. The molecule has 1 rings (SSSR count). The molecule has 0 fully saturated rings. The van der Waals surface area contributed by atoms with Crippen LogP contribution in [0.2, 0.25) is 0 Å². The molecule has 0 unspecified atom stereocenters. The molecule has 0 radical (unpaired) electrons. The summed E-state index contributed by atoms with van der Waals surface area (Å²) in [5, 5.41) is 0. The highest BCUT2D eigenvalue weighted by Gasteiger charge is 2.32. The van der Waals surface area contributed by atoms with Gasteiger partial charge in [0.1, 0.15) is 5.75 Å². The number of methoxy groups -OCH3 is 2. The first-order valence-electron chi connectivity index (χ1n) is 6.03. The van der Waals surface area contributed by atoms with Gasteiger partial charge in [-0.2, -0.15) is 0 Å². The van der Waals surface area contributed by atoms with E-state index in [0.717, 1.165) is 0 Å². The SMILES string of the molecule is CCOC(=O)C(C)(C)Oc1ccc(OC)cc1OC. The highest BCUT2D eigenvalue weighted by atomic mass is 16.6. The summed E-state index contributed by atoms with van der Waals surface area (Å²) in [6, 6.07) is 5.12. The Kier molecular flexibility index (Phi) is 5.03. The molecule has 0 amide bonds. The summed E-state index contributed by atoms with van der Waals surface area (Å²) in [4.78, 5) is 11.8. The molecule has 0 aliphatic rings. The molecule has 5 nitrogen and oxygen atoms in total. The first-order valence-corrected chi connectivity index (χ1v) is 6.03. The third-order valence-electron chi connectivity index (χ3n) is 2.50. The Morgan fingerprint density at radius 2 is 1.84 bits per heavy atom. The van der Waals surface area contributed by atoms with Crippen molar-refractivity contribution in [1.29, 1.82) is 0 Å². The van der Waals surface area contributed by atoms with Gasteiger partial charge in [-0.05, 0) is 32.9 Å². The second-order valence-corrected chi connectivity index (χ2v) is 4.35. The smallest absolute Gasteiger partial charge is 0.349 e. The van der Waals surface area contributed by atoms with Gasteiger partial charge in [0.25, 0.3) is 0 Å². The van der Waals surface area contributed by atoms with E-state index in [9.17, 15) is 4.79 Å². The highest BCUT2D eigenvalue weighted by molar-refractivity contribution is 5.79. The molecule has 0 saturated heterocycles. The molecule has 0 spiro atoms. The zero-order valence-electron chi connectivity index (χ0n) is 12.0. The maximum atomic E-state index is 11.8. The number of ether oxygens (including phenoxy) is 4. The fourth-order valence-corrected chi connectivity index (χ4v) is 1.48. The van der Waals surface area contributed by atoms with E-state index in [-0.39, 0.29) is 0 Å². The van der Waals surface area contributed by atoms with Crippen LogP contribution in [0.1, 0.15) is 20.8 Å². The first-order chi connectivity index (χ1) is 8.94. The normalized spacial score (nSPS) is 10.8. The van der Waals surface area contributed by atoms with E-state index in [1.165, 1.54) is 7.11 Å². The van der Waals surface area contributed by atoms with Crippen molar-refractivity contribution in [3.8, 4) is 17.2 Å². The van der Waals surface area contributed by atoms with E-state index in [1.807, 2.05) is 0 Å². The molecule has 1 aromatic rings. The van der Waals surface area contributed by atoms with Crippen molar-refractivity contribution >= 4 is 5.97 Å². The molecule has 19 heavy (non-hydrogen) atoms. The molecule has 0 saturated carbocycles. The van der Waals surface area contributed by atoms with Gasteiger partial charge in [-0.15, -0.1) is 0 Å². The molecule has 5 heteroatoms. The van der Waals surface area contributed by atoms with Gasteiger partial charge >= 0.3 is 5.97 Å². The van der Waals surface area contributed by atoms with Crippen LogP contribution in [-0.4, -0.2) is 32.4 Å². The summed E-state index contributed by atoms with van der Waals surface area (Å²) in [5.41, 5.74) is -1.09. The number of rotatable bonds is 6. The third-order valence-corrected chi connectivity index (χ3v) is 2.50. The van der Waals surface area contributed by atoms with Crippen LogP contribution in [0.25, 0.3) is 0 Å².